The molecule has 0 aliphatic carbocycles. The van der Waals surface area contributed by atoms with E-state index in [1.807, 2.05) is 0 Å². The highest BCUT2D eigenvalue weighted by Crippen LogP contribution is 2.21. The number of fused-ring (bicyclic) bond motifs is 1. The van der Waals surface area contributed by atoms with E-state index >= 15 is 0 Å². The van der Waals surface area contributed by atoms with E-state index in [0.29, 0.717) is 5.52 Å². The van der Waals surface area contributed by atoms with Gasteiger partial charge in [0.05, 0.1) is 23.7 Å². The van der Waals surface area contributed by atoms with Crippen LogP contribution in [0.1, 0.15) is 6.42 Å². The first-order valence-electron chi connectivity index (χ1n) is 6.70. The van der Waals surface area contributed by atoms with Gasteiger partial charge in [-0.3, -0.25) is 14.2 Å². The number of benzene rings is 1. The minimum Gasteiger partial charge on any atom is -0.480 e. The van der Waals surface area contributed by atoms with E-state index in [2.05, 4.69) is 4.98 Å². The number of aliphatic carboxylic acids is 1. The van der Waals surface area contributed by atoms with Gasteiger partial charge < -0.3 is 10.4 Å². The van der Waals surface area contributed by atoms with Crippen molar-refractivity contribution in [1.29, 1.82) is 0 Å². The van der Waals surface area contributed by atoms with E-state index in [0.717, 1.165) is 10.9 Å². The molecular weight excluding hydrogens is 331 g/mol. The van der Waals surface area contributed by atoms with Crippen LogP contribution >= 0.6 is 0 Å². The standard InChI is InChI=1S/C14H12F3N3O4/c15-14(16,17)5-10(13(23)24)19-11(21)6-20-7-18-9-4-2-1-3-8(9)12(20)22/h1-4,7,10H,5-6H2,(H,19,21)(H,23,24). The summed E-state index contributed by atoms with van der Waals surface area (Å²) in [5, 5.41) is 10.7. The lowest BCUT2D eigenvalue weighted by molar-refractivity contribution is -0.160. The Morgan fingerprint density at radius 3 is 2.58 bits per heavy atom. The van der Waals surface area contributed by atoms with Crippen LogP contribution in [-0.4, -0.2) is 38.8 Å². The molecule has 0 aliphatic heterocycles. The van der Waals surface area contributed by atoms with Crippen LogP contribution in [-0.2, 0) is 16.1 Å². The zero-order chi connectivity index (χ0) is 17.9. The number of hydrogen-bond acceptors (Lipinski definition) is 4. The Morgan fingerprint density at radius 1 is 1.29 bits per heavy atom. The Labute approximate surface area is 132 Å². The molecule has 1 atom stereocenters. The lowest BCUT2D eigenvalue weighted by Crippen LogP contribution is -2.45. The molecule has 2 aromatic rings. The summed E-state index contributed by atoms with van der Waals surface area (Å²) in [6.07, 6.45) is -5.39. The number of halogens is 3. The van der Waals surface area contributed by atoms with Crippen LogP contribution in [0.4, 0.5) is 13.2 Å². The van der Waals surface area contributed by atoms with Gasteiger partial charge in [-0.2, -0.15) is 13.2 Å². The van der Waals surface area contributed by atoms with Crippen LogP contribution in [0, 0.1) is 0 Å². The van der Waals surface area contributed by atoms with Crippen LogP contribution in [0.15, 0.2) is 35.4 Å². The van der Waals surface area contributed by atoms with Crippen molar-refractivity contribution >= 4 is 22.8 Å². The van der Waals surface area contributed by atoms with Crippen molar-refractivity contribution in [3.8, 4) is 0 Å². The van der Waals surface area contributed by atoms with Crippen LogP contribution in [0.3, 0.4) is 0 Å². The highest BCUT2D eigenvalue weighted by Gasteiger charge is 2.36. The molecule has 24 heavy (non-hydrogen) atoms. The molecular formula is C14H12F3N3O4. The van der Waals surface area contributed by atoms with Crippen LogP contribution in [0.5, 0.6) is 0 Å². The highest BCUT2D eigenvalue weighted by atomic mass is 19.4. The number of carbonyl (C=O) groups is 2. The molecule has 0 saturated heterocycles. The van der Waals surface area contributed by atoms with Crippen molar-refractivity contribution in [2.24, 2.45) is 0 Å². The maximum absolute atomic E-state index is 12.3. The van der Waals surface area contributed by atoms with Gasteiger partial charge in [0.15, 0.2) is 0 Å². The molecule has 0 saturated carbocycles. The summed E-state index contributed by atoms with van der Waals surface area (Å²) in [4.78, 5) is 38.7. The van der Waals surface area contributed by atoms with Gasteiger partial charge in [0.1, 0.15) is 12.6 Å². The fourth-order valence-electron chi connectivity index (χ4n) is 2.04. The molecule has 0 aliphatic rings. The van der Waals surface area contributed by atoms with Gasteiger partial charge in [-0.05, 0) is 12.1 Å². The number of carboxylic acids is 1. The Morgan fingerprint density at radius 2 is 1.96 bits per heavy atom. The third-order valence-corrected chi connectivity index (χ3v) is 3.11. The number of para-hydroxylation sites is 1. The molecule has 2 rings (SSSR count). The predicted octanol–water partition coefficient (Wildman–Crippen LogP) is 0.918. The molecule has 1 heterocycles. The van der Waals surface area contributed by atoms with E-state index in [1.54, 1.807) is 23.5 Å². The number of hydrogen-bond donors (Lipinski definition) is 2. The Balaban J connectivity index is 2.16. The summed E-state index contributed by atoms with van der Waals surface area (Å²) >= 11 is 0. The summed E-state index contributed by atoms with van der Waals surface area (Å²) in [5.74, 6) is -2.85. The molecule has 10 heteroatoms. The van der Waals surface area contributed by atoms with Crippen molar-refractivity contribution in [3.05, 3.63) is 40.9 Å². The van der Waals surface area contributed by atoms with E-state index in [-0.39, 0.29) is 5.39 Å². The summed E-state index contributed by atoms with van der Waals surface area (Å²) in [7, 11) is 0. The second-order valence-corrected chi connectivity index (χ2v) is 4.97. The van der Waals surface area contributed by atoms with Crippen molar-refractivity contribution < 1.29 is 27.9 Å². The third kappa shape index (κ3) is 4.31. The summed E-state index contributed by atoms with van der Waals surface area (Å²) < 4.78 is 37.8. The minimum absolute atomic E-state index is 0.234. The maximum Gasteiger partial charge on any atom is 0.391 e. The third-order valence-electron chi connectivity index (χ3n) is 3.11. The summed E-state index contributed by atoms with van der Waals surface area (Å²) in [6.45, 7) is -0.641. The Kier molecular flexibility index (Phi) is 4.86. The molecule has 0 fully saturated rings. The number of alkyl halides is 3. The minimum atomic E-state index is -4.75. The van der Waals surface area contributed by atoms with Crippen LogP contribution in [0.25, 0.3) is 10.9 Å². The van der Waals surface area contributed by atoms with Gasteiger partial charge in [-0.25, -0.2) is 9.78 Å². The van der Waals surface area contributed by atoms with Gasteiger partial charge in [0.25, 0.3) is 5.56 Å². The molecule has 1 amide bonds. The Bertz CT molecular complexity index is 832. The van der Waals surface area contributed by atoms with Crippen LogP contribution < -0.4 is 10.9 Å². The molecule has 1 unspecified atom stereocenters. The number of amides is 1. The number of nitrogens with zero attached hydrogens (tertiary/aromatic N) is 2. The van der Waals surface area contributed by atoms with E-state index in [9.17, 15) is 27.6 Å². The summed E-state index contributed by atoms with van der Waals surface area (Å²) in [6, 6.07) is 4.22. The number of rotatable bonds is 5. The van der Waals surface area contributed by atoms with E-state index in [4.69, 9.17) is 5.11 Å². The fourth-order valence-corrected chi connectivity index (χ4v) is 2.04. The quantitative estimate of drug-likeness (QED) is 0.841. The second kappa shape index (κ2) is 6.69. The molecule has 1 aromatic carbocycles. The molecule has 0 bridgehead atoms. The fraction of sp³-hybridized carbons (Fsp3) is 0.286. The largest absolute Gasteiger partial charge is 0.480 e. The summed E-state index contributed by atoms with van der Waals surface area (Å²) in [5.41, 5.74) is -0.155. The highest BCUT2D eigenvalue weighted by molar-refractivity contribution is 5.83. The average Bonchev–Trinajstić information content (AvgIpc) is 2.48. The first-order chi connectivity index (χ1) is 11.2. The molecule has 2 N–H and O–H groups in total. The van der Waals surface area contributed by atoms with Crippen LogP contribution in [0.2, 0.25) is 0 Å². The topological polar surface area (TPSA) is 101 Å². The first-order valence-corrected chi connectivity index (χ1v) is 6.70. The van der Waals surface area contributed by atoms with E-state index < -0.39 is 42.6 Å². The first kappa shape index (κ1) is 17.4. The maximum atomic E-state index is 12.3. The van der Waals surface area contributed by atoms with Crippen molar-refractivity contribution in [1.82, 2.24) is 14.9 Å². The number of aromatic nitrogens is 2. The molecule has 0 spiro atoms. The molecule has 0 radical (unpaired) electrons. The number of carbonyl (C=O) groups excluding carboxylic acids is 1. The lowest BCUT2D eigenvalue weighted by Gasteiger charge is -2.16. The second-order valence-electron chi connectivity index (χ2n) is 4.97. The zero-order valence-electron chi connectivity index (χ0n) is 12.1. The monoisotopic (exact) mass is 343 g/mol. The van der Waals surface area contributed by atoms with Gasteiger partial charge >= 0.3 is 12.1 Å². The Hall–Kier alpha value is -2.91. The molecule has 1 aromatic heterocycles. The van der Waals surface area contributed by atoms with Gasteiger partial charge in [-0.15, -0.1) is 0 Å². The van der Waals surface area contributed by atoms with Gasteiger partial charge in [0.2, 0.25) is 5.91 Å². The van der Waals surface area contributed by atoms with Crippen molar-refractivity contribution in [3.63, 3.8) is 0 Å². The molecule has 7 nitrogen and oxygen atoms in total. The van der Waals surface area contributed by atoms with E-state index in [1.165, 1.54) is 6.07 Å². The van der Waals surface area contributed by atoms with Crippen molar-refractivity contribution in [2.45, 2.75) is 25.2 Å². The number of carboxylic acid groups (broad SMARTS) is 1. The predicted molar refractivity (Wildman–Crippen MR) is 76.2 cm³/mol. The smallest absolute Gasteiger partial charge is 0.391 e. The average molecular weight is 343 g/mol. The van der Waals surface area contributed by atoms with Gasteiger partial charge in [-0.1, -0.05) is 12.1 Å². The zero-order valence-corrected chi connectivity index (χ0v) is 12.1. The SMILES string of the molecule is O=C(Cn1cnc2ccccc2c1=O)NC(CC(F)(F)F)C(=O)O. The van der Waals surface area contributed by atoms with Crippen molar-refractivity contribution in [2.75, 3.05) is 0 Å². The lowest BCUT2D eigenvalue weighted by atomic mass is 10.2. The normalized spacial score (nSPS) is 12.8. The van der Waals surface area contributed by atoms with Gasteiger partial charge in [0, 0.05) is 0 Å². The molecule has 128 valence electrons. The number of nitrogens with one attached hydrogen (secondary N) is 1.